The molecule has 0 aromatic carbocycles. The van der Waals surface area contributed by atoms with Crippen LogP contribution >= 0.6 is 24.8 Å². The van der Waals surface area contributed by atoms with Gasteiger partial charge in [-0.05, 0) is 0 Å². The number of halogens is 2. The van der Waals surface area contributed by atoms with Crippen LogP contribution in [0.2, 0.25) is 16.5 Å². The van der Waals surface area contributed by atoms with E-state index in [9.17, 15) is 0 Å². The second kappa shape index (κ2) is 7.81. The molecule has 0 fully saturated rings. The van der Waals surface area contributed by atoms with Gasteiger partial charge in [0.25, 0.3) is 0 Å². The molecule has 0 spiro atoms. The van der Waals surface area contributed by atoms with Crippen molar-refractivity contribution in [3.63, 3.8) is 0 Å². The largest absolute Gasteiger partial charge is 0.147 e. The van der Waals surface area contributed by atoms with Crippen molar-refractivity contribution >= 4 is 31.7 Å². The van der Waals surface area contributed by atoms with Crippen molar-refractivity contribution in [1.82, 2.24) is 0 Å². The van der Waals surface area contributed by atoms with Crippen molar-refractivity contribution in [3.8, 4) is 0 Å². The molecule has 2 aliphatic rings. The van der Waals surface area contributed by atoms with Crippen molar-refractivity contribution in [3.05, 3.63) is 46.6 Å². The predicted molar refractivity (Wildman–Crippen MR) is 125 cm³/mol. The average Bonchev–Trinajstić information content (AvgIpc) is 2.91. The van der Waals surface area contributed by atoms with Gasteiger partial charge in [-0.15, -0.1) is 24.8 Å². The molecule has 0 aromatic rings. The van der Waals surface area contributed by atoms with Crippen LogP contribution < -0.4 is 0 Å². The molecule has 0 nitrogen and oxygen atoms in total. The molecule has 0 radical (unpaired) electrons. The molecule has 0 aromatic heterocycles. The van der Waals surface area contributed by atoms with Gasteiger partial charge >= 0.3 is 154 Å². The van der Waals surface area contributed by atoms with Gasteiger partial charge in [0.2, 0.25) is 0 Å². The fourth-order valence-electron chi connectivity index (χ4n) is 5.37. The van der Waals surface area contributed by atoms with Crippen LogP contribution in [0.4, 0.5) is 0 Å². The quantitative estimate of drug-likeness (QED) is 0.347. The summed E-state index contributed by atoms with van der Waals surface area (Å²) in [5.41, 5.74) is 7.08. The molecule has 150 valence electrons. The van der Waals surface area contributed by atoms with Crippen LogP contribution in [0.15, 0.2) is 46.6 Å². The van der Waals surface area contributed by atoms with E-state index < -0.39 is 17.4 Å². The van der Waals surface area contributed by atoms with Crippen molar-refractivity contribution in [2.45, 2.75) is 71.9 Å². The molecule has 0 N–H and O–H groups in total. The van der Waals surface area contributed by atoms with Gasteiger partial charge in [-0.2, -0.15) is 0 Å². The second-order valence-corrected chi connectivity index (χ2v) is 41.8. The molecule has 2 aliphatic carbocycles. The van der Waals surface area contributed by atoms with Gasteiger partial charge in [-0.25, -0.2) is 0 Å². The summed E-state index contributed by atoms with van der Waals surface area (Å²) < 4.78 is 6.84. The third kappa shape index (κ3) is 4.61. The molecule has 2 atom stereocenters. The van der Waals surface area contributed by atoms with Gasteiger partial charge in [-0.3, -0.25) is 0 Å². The molecule has 4 heteroatoms. The first-order chi connectivity index (χ1) is 10.6. The summed E-state index contributed by atoms with van der Waals surface area (Å²) in [6.07, 6.45) is 9.72. The molecule has 0 saturated carbocycles. The molecule has 0 bridgehead atoms. The molecule has 0 aliphatic heterocycles. The average molecular weight is 495 g/mol. The van der Waals surface area contributed by atoms with Crippen molar-refractivity contribution < 1.29 is 17.4 Å². The zero-order valence-electron chi connectivity index (χ0n) is 18.5. The van der Waals surface area contributed by atoms with E-state index in [4.69, 9.17) is 0 Å². The SMILES string of the molecule is CC1=CC=C(C(C)(C)C)[CH]1[Zr]([CH3])([CH3])(=[SiH2])[CH]1C(C)=CC=C1C(C)(C)C.Cl.Cl. The van der Waals surface area contributed by atoms with Gasteiger partial charge in [0, 0.05) is 0 Å². The van der Waals surface area contributed by atoms with Crippen LogP contribution in [-0.4, -0.2) is 6.88 Å². The van der Waals surface area contributed by atoms with E-state index in [0.717, 1.165) is 0 Å². The van der Waals surface area contributed by atoms with Crippen molar-refractivity contribution in [2.75, 3.05) is 0 Å². The van der Waals surface area contributed by atoms with Crippen LogP contribution in [-0.2, 0) is 17.4 Å². The molecule has 2 rings (SSSR count). The maximum absolute atomic E-state index is 3.14. The van der Waals surface area contributed by atoms with Gasteiger partial charge in [0.05, 0.1) is 0 Å². The van der Waals surface area contributed by atoms with Gasteiger partial charge in [0.15, 0.2) is 0 Å². The minimum atomic E-state index is -3.14. The van der Waals surface area contributed by atoms with Crippen LogP contribution in [0.1, 0.15) is 55.4 Å². The first kappa shape index (κ1) is 26.6. The summed E-state index contributed by atoms with van der Waals surface area (Å²) in [4.78, 5) is 0. The molecule has 0 saturated heterocycles. The van der Waals surface area contributed by atoms with E-state index in [1.54, 1.807) is 22.3 Å². The second-order valence-electron chi connectivity index (χ2n) is 11.4. The topological polar surface area (TPSA) is 0 Å². The van der Waals surface area contributed by atoms with E-state index in [1.165, 1.54) is 0 Å². The fourth-order valence-corrected chi connectivity index (χ4v) is 28.0. The van der Waals surface area contributed by atoms with E-state index in [1.807, 2.05) is 0 Å². The standard InChI is InChI=1S/2C10H15.2CH3.2ClH.H2Si.Zr/c2*1-8-5-6-9(7-8)10(2,3)4;;;;;;/h2*5-7H,1-4H3;2*1H3;2*1H;1H2;. The Kier molecular flexibility index (Phi) is 8.00. The van der Waals surface area contributed by atoms with Crippen LogP contribution in [0.25, 0.3) is 0 Å². The normalized spacial score (nSPS) is 24.1. The Hall–Kier alpha value is 0.640. The summed E-state index contributed by atoms with van der Waals surface area (Å²) in [5, 5.41) is 0. The van der Waals surface area contributed by atoms with E-state index in [-0.39, 0.29) is 35.6 Å². The minimum absolute atomic E-state index is 0. The summed E-state index contributed by atoms with van der Waals surface area (Å²) >= 11 is -3.14. The van der Waals surface area contributed by atoms with E-state index >= 15 is 0 Å². The Bertz CT molecular complexity index is 688. The maximum Gasteiger partial charge on any atom is -0.147 e. The summed E-state index contributed by atoms with van der Waals surface area (Å²) in [7, 11) is 0. The minimum Gasteiger partial charge on any atom is -0.147 e. The molecular formula is C22H40Cl2SiZr. The Morgan fingerprint density at radius 1 is 0.692 bits per heavy atom. The maximum atomic E-state index is 2.72. The molecule has 26 heavy (non-hydrogen) atoms. The predicted octanol–water partition coefficient (Wildman–Crippen LogP) is 7.61. The number of rotatable bonds is 2. The first-order valence-corrected chi connectivity index (χ1v) is 23.1. The molecular weight excluding hydrogens is 454 g/mol. The number of hydrogen-bond donors (Lipinski definition) is 0. The smallest absolute Gasteiger partial charge is 0.147 e. The van der Waals surface area contributed by atoms with Crippen LogP contribution in [0.5, 0.6) is 0 Å². The Balaban J connectivity index is 0.00000312. The fraction of sp³-hybridized carbons (Fsp3) is 0.636. The van der Waals surface area contributed by atoms with E-state index in [2.05, 4.69) is 95.8 Å². The van der Waals surface area contributed by atoms with Gasteiger partial charge in [0.1, 0.15) is 0 Å². The number of allylic oxidation sites excluding steroid dienone is 8. The summed E-state index contributed by atoms with van der Waals surface area (Å²) in [6.45, 7) is 21.6. The molecule has 2 unspecified atom stereocenters. The zero-order valence-corrected chi connectivity index (χ0v) is 24.0. The van der Waals surface area contributed by atoms with Crippen molar-refractivity contribution in [2.24, 2.45) is 10.8 Å². The molecule has 0 amide bonds. The Morgan fingerprint density at radius 2 is 0.962 bits per heavy atom. The summed E-state index contributed by atoms with van der Waals surface area (Å²) in [5.74, 6) is 0. The van der Waals surface area contributed by atoms with Gasteiger partial charge < -0.3 is 0 Å². The summed E-state index contributed by atoms with van der Waals surface area (Å²) in [6, 6.07) is 0. The third-order valence-electron chi connectivity index (χ3n) is 6.21. The van der Waals surface area contributed by atoms with Crippen molar-refractivity contribution in [1.29, 1.82) is 0 Å². The third-order valence-corrected chi connectivity index (χ3v) is 24.1. The Morgan fingerprint density at radius 3 is 1.19 bits per heavy atom. The Labute approximate surface area is 177 Å². The zero-order chi connectivity index (χ0) is 18.7. The van der Waals surface area contributed by atoms with Gasteiger partial charge in [-0.1, -0.05) is 0 Å². The first-order valence-electron chi connectivity index (χ1n) is 9.41. The van der Waals surface area contributed by atoms with Crippen LogP contribution in [0.3, 0.4) is 0 Å². The monoisotopic (exact) mass is 492 g/mol. The number of hydrogen-bond acceptors (Lipinski definition) is 0. The van der Waals surface area contributed by atoms with Crippen LogP contribution in [0, 0.1) is 10.8 Å². The van der Waals surface area contributed by atoms with E-state index in [0.29, 0.717) is 7.25 Å². The molecule has 0 heterocycles.